The minimum absolute atomic E-state index is 0.0707. The number of nitrogens with two attached hydrogens (primary N) is 1. The van der Waals surface area contributed by atoms with Gasteiger partial charge in [0.2, 0.25) is 5.91 Å². The van der Waals surface area contributed by atoms with E-state index in [-0.39, 0.29) is 17.9 Å². The molecular weight excluding hydrogens is 240 g/mol. The Bertz CT molecular complexity index is 354. The predicted octanol–water partition coefficient (Wildman–Crippen LogP) is 0.00850. The summed E-state index contributed by atoms with van der Waals surface area (Å²) in [7, 11) is -3.14. The fourth-order valence-corrected chi connectivity index (χ4v) is 3.37. The molecule has 0 aliphatic carbocycles. The van der Waals surface area contributed by atoms with Crippen LogP contribution in [0.1, 0.15) is 26.2 Å². The van der Waals surface area contributed by atoms with Gasteiger partial charge in [-0.25, -0.2) is 8.42 Å². The Morgan fingerprint density at radius 1 is 1.41 bits per heavy atom. The van der Waals surface area contributed by atoms with Gasteiger partial charge in [0.1, 0.15) is 0 Å². The Labute approximate surface area is 103 Å². The average molecular weight is 262 g/mol. The van der Waals surface area contributed by atoms with Crippen LogP contribution in [-0.4, -0.2) is 50.4 Å². The third-order valence-electron chi connectivity index (χ3n) is 3.12. The van der Waals surface area contributed by atoms with Gasteiger partial charge < -0.3 is 10.6 Å². The maximum absolute atomic E-state index is 11.6. The maximum atomic E-state index is 11.6. The lowest BCUT2D eigenvalue weighted by Crippen LogP contribution is -2.37. The zero-order chi connectivity index (χ0) is 12.9. The highest BCUT2D eigenvalue weighted by Crippen LogP contribution is 2.15. The van der Waals surface area contributed by atoms with E-state index in [9.17, 15) is 13.2 Å². The van der Waals surface area contributed by atoms with Crippen molar-refractivity contribution in [3.05, 3.63) is 0 Å². The molecule has 1 amide bonds. The van der Waals surface area contributed by atoms with Gasteiger partial charge in [-0.2, -0.15) is 0 Å². The summed E-state index contributed by atoms with van der Waals surface area (Å²) < 4.78 is 23.2. The van der Waals surface area contributed by atoms with Gasteiger partial charge in [-0.1, -0.05) is 6.92 Å². The second kappa shape index (κ2) is 6.35. The molecule has 0 spiro atoms. The van der Waals surface area contributed by atoms with Gasteiger partial charge in [-0.05, 0) is 25.3 Å². The average Bonchev–Trinajstić information content (AvgIpc) is 2.24. The molecule has 0 radical (unpaired) electrons. The second-order valence-corrected chi connectivity index (χ2v) is 7.22. The number of hydrogen-bond donors (Lipinski definition) is 1. The Hall–Kier alpha value is -0.620. The van der Waals surface area contributed by atoms with Crippen LogP contribution in [0, 0.1) is 5.92 Å². The number of likely N-dealkylation sites (tertiary alicyclic amines) is 1. The lowest BCUT2D eigenvalue weighted by molar-refractivity contribution is -0.117. The molecule has 2 N–H and O–H groups in total. The molecule has 0 aromatic carbocycles. The first-order valence-electron chi connectivity index (χ1n) is 6.10. The molecule has 0 saturated carbocycles. The molecule has 1 rings (SSSR count). The number of hydrogen-bond acceptors (Lipinski definition) is 4. The number of carbonyl (C=O) groups is 1. The van der Waals surface area contributed by atoms with Crippen LogP contribution in [-0.2, 0) is 14.6 Å². The molecule has 5 nitrogen and oxygen atoms in total. The zero-order valence-electron chi connectivity index (χ0n) is 10.4. The Morgan fingerprint density at radius 2 is 2.12 bits per heavy atom. The van der Waals surface area contributed by atoms with Crippen molar-refractivity contribution in [2.75, 3.05) is 31.1 Å². The summed E-state index contributed by atoms with van der Waals surface area (Å²) in [5.41, 5.74) is 4.94. The lowest BCUT2D eigenvalue weighted by Gasteiger charge is -2.30. The summed E-state index contributed by atoms with van der Waals surface area (Å²) in [6.07, 6.45) is 2.30. The van der Waals surface area contributed by atoms with Crippen LogP contribution < -0.4 is 5.73 Å². The van der Waals surface area contributed by atoms with Crippen molar-refractivity contribution in [3.8, 4) is 0 Å². The normalized spacial score (nSPS) is 22.5. The van der Waals surface area contributed by atoms with Crippen LogP contribution in [0.3, 0.4) is 0 Å². The van der Waals surface area contributed by atoms with E-state index < -0.39 is 15.7 Å². The molecule has 1 aliphatic rings. The summed E-state index contributed by atoms with van der Waals surface area (Å²) in [5.74, 6) is 0.107. The van der Waals surface area contributed by atoms with Gasteiger partial charge in [0.05, 0.1) is 11.5 Å². The minimum atomic E-state index is -3.14. The van der Waals surface area contributed by atoms with Crippen molar-refractivity contribution in [3.63, 3.8) is 0 Å². The standard InChI is InChI=1S/C11H22N2O3S/c1-10-3-2-5-13(9-10)6-8-17(15,16)7-4-11(12)14/h10H,2-9H2,1H3,(H2,12,14). The third-order valence-corrected chi connectivity index (χ3v) is 4.75. The van der Waals surface area contributed by atoms with Crippen LogP contribution in [0.5, 0.6) is 0 Å². The summed E-state index contributed by atoms with van der Waals surface area (Å²) in [5, 5.41) is 0. The highest BCUT2D eigenvalue weighted by molar-refractivity contribution is 7.91. The first kappa shape index (κ1) is 14.4. The van der Waals surface area contributed by atoms with E-state index in [0.29, 0.717) is 12.5 Å². The fourth-order valence-electron chi connectivity index (χ4n) is 2.12. The van der Waals surface area contributed by atoms with Crippen LogP contribution in [0.15, 0.2) is 0 Å². The van der Waals surface area contributed by atoms with E-state index in [0.717, 1.165) is 19.5 Å². The SMILES string of the molecule is CC1CCCN(CCS(=O)(=O)CCC(N)=O)C1. The minimum Gasteiger partial charge on any atom is -0.370 e. The van der Waals surface area contributed by atoms with Crippen LogP contribution >= 0.6 is 0 Å². The predicted molar refractivity (Wildman–Crippen MR) is 67.3 cm³/mol. The number of rotatable bonds is 6. The molecule has 1 aliphatic heterocycles. The summed E-state index contributed by atoms with van der Waals surface area (Å²) in [6, 6.07) is 0. The van der Waals surface area contributed by atoms with E-state index in [1.165, 1.54) is 6.42 Å². The highest BCUT2D eigenvalue weighted by atomic mass is 32.2. The molecule has 100 valence electrons. The maximum Gasteiger partial charge on any atom is 0.218 e. The highest BCUT2D eigenvalue weighted by Gasteiger charge is 2.19. The summed E-state index contributed by atoms with van der Waals surface area (Å²) >= 11 is 0. The van der Waals surface area contributed by atoms with E-state index >= 15 is 0 Å². The van der Waals surface area contributed by atoms with Crippen molar-refractivity contribution in [2.24, 2.45) is 11.7 Å². The largest absolute Gasteiger partial charge is 0.370 e. The van der Waals surface area contributed by atoms with E-state index in [1.54, 1.807) is 0 Å². The van der Waals surface area contributed by atoms with Crippen LogP contribution in [0.25, 0.3) is 0 Å². The Morgan fingerprint density at radius 3 is 2.71 bits per heavy atom. The molecule has 0 aromatic heterocycles. The molecule has 6 heteroatoms. The lowest BCUT2D eigenvalue weighted by atomic mass is 10.0. The first-order chi connectivity index (χ1) is 7.89. The smallest absolute Gasteiger partial charge is 0.218 e. The van der Waals surface area contributed by atoms with Crippen molar-refractivity contribution in [1.29, 1.82) is 0 Å². The van der Waals surface area contributed by atoms with Gasteiger partial charge in [0.25, 0.3) is 0 Å². The molecular formula is C11H22N2O3S. The first-order valence-corrected chi connectivity index (χ1v) is 7.92. The number of sulfone groups is 1. The van der Waals surface area contributed by atoms with Gasteiger partial charge >= 0.3 is 0 Å². The monoisotopic (exact) mass is 262 g/mol. The molecule has 1 heterocycles. The van der Waals surface area contributed by atoms with Gasteiger partial charge in [-0.3, -0.25) is 4.79 Å². The van der Waals surface area contributed by atoms with E-state index in [4.69, 9.17) is 5.73 Å². The van der Waals surface area contributed by atoms with Crippen molar-refractivity contribution < 1.29 is 13.2 Å². The Kier molecular flexibility index (Phi) is 5.39. The number of primary amides is 1. The quantitative estimate of drug-likeness (QED) is 0.731. The van der Waals surface area contributed by atoms with E-state index in [2.05, 4.69) is 11.8 Å². The number of piperidine rings is 1. The van der Waals surface area contributed by atoms with Gasteiger partial charge in [0.15, 0.2) is 9.84 Å². The van der Waals surface area contributed by atoms with E-state index in [1.807, 2.05) is 0 Å². The zero-order valence-corrected chi connectivity index (χ0v) is 11.2. The van der Waals surface area contributed by atoms with Crippen LogP contribution in [0.2, 0.25) is 0 Å². The summed E-state index contributed by atoms with van der Waals surface area (Å²) in [4.78, 5) is 12.7. The molecule has 0 aromatic rings. The number of amides is 1. The van der Waals surface area contributed by atoms with Gasteiger partial charge in [-0.15, -0.1) is 0 Å². The fraction of sp³-hybridized carbons (Fsp3) is 0.909. The molecule has 17 heavy (non-hydrogen) atoms. The second-order valence-electron chi connectivity index (χ2n) is 4.92. The number of carbonyl (C=O) groups excluding carboxylic acids is 1. The van der Waals surface area contributed by atoms with Crippen molar-refractivity contribution in [2.45, 2.75) is 26.2 Å². The van der Waals surface area contributed by atoms with Gasteiger partial charge in [0, 0.05) is 19.5 Å². The van der Waals surface area contributed by atoms with Crippen molar-refractivity contribution in [1.82, 2.24) is 4.90 Å². The third kappa shape index (κ3) is 6.02. The summed E-state index contributed by atoms with van der Waals surface area (Å²) in [6.45, 7) is 4.72. The van der Waals surface area contributed by atoms with Crippen LogP contribution in [0.4, 0.5) is 0 Å². The number of nitrogens with zero attached hydrogens (tertiary/aromatic N) is 1. The molecule has 1 fully saturated rings. The molecule has 1 atom stereocenters. The van der Waals surface area contributed by atoms with Crippen molar-refractivity contribution >= 4 is 15.7 Å². The molecule has 1 unspecified atom stereocenters. The Balaban J connectivity index is 2.31. The molecule has 0 bridgehead atoms. The topological polar surface area (TPSA) is 80.5 Å². The molecule has 1 saturated heterocycles.